The number of anilines is 1. The molecule has 2 N–H and O–H groups in total. The molecule has 0 atom stereocenters. The maximum Gasteiger partial charge on any atom is 0.276 e. The molecule has 2 aromatic rings. The molecule has 2 amide bonds. The number of halogens is 2. The molecule has 164 valence electrons. The molecule has 2 heterocycles. The van der Waals surface area contributed by atoms with Crippen LogP contribution in [0.3, 0.4) is 0 Å². The van der Waals surface area contributed by atoms with Gasteiger partial charge in [-0.3, -0.25) is 14.3 Å². The highest BCUT2D eigenvalue weighted by Gasteiger charge is 2.21. The smallest absolute Gasteiger partial charge is 0.276 e. The summed E-state index contributed by atoms with van der Waals surface area (Å²) in [5.74, 6) is -2.17. The van der Waals surface area contributed by atoms with Crippen LogP contribution in [0.25, 0.3) is 5.57 Å². The number of hydrogen-bond acceptors (Lipinski definition) is 5. The minimum atomic E-state index is -0.870. The number of carbonyl (C=O) groups is 2. The number of amides is 2. The maximum absolute atomic E-state index is 13.8. The number of carbonyl (C=O) groups excluding carboxylic acids is 2. The minimum absolute atomic E-state index is 0.0167. The van der Waals surface area contributed by atoms with Gasteiger partial charge in [-0.05, 0) is 36.3 Å². The molecule has 0 fully saturated rings. The molecule has 0 saturated heterocycles. The van der Waals surface area contributed by atoms with Crippen LogP contribution in [0.4, 0.5) is 14.5 Å². The van der Waals surface area contributed by atoms with Gasteiger partial charge in [0.05, 0.1) is 5.69 Å². The number of allylic oxidation sites excluding steroid dienone is 2. The first-order chi connectivity index (χ1) is 14.7. The summed E-state index contributed by atoms with van der Waals surface area (Å²) in [7, 11) is 4.96. The summed E-state index contributed by atoms with van der Waals surface area (Å²) in [5.41, 5.74) is 1.87. The second kappa shape index (κ2) is 8.99. The Kier molecular flexibility index (Phi) is 6.38. The van der Waals surface area contributed by atoms with Gasteiger partial charge in [0.1, 0.15) is 17.3 Å². The van der Waals surface area contributed by atoms with Crippen LogP contribution < -0.4 is 10.6 Å². The summed E-state index contributed by atoms with van der Waals surface area (Å²) in [5, 5.41) is 9.48. The van der Waals surface area contributed by atoms with Crippen molar-refractivity contribution in [3.63, 3.8) is 0 Å². The van der Waals surface area contributed by atoms with E-state index in [2.05, 4.69) is 15.7 Å². The second-order valence-electron chi connectivity index (χ2n) is 7.19. The Labute approximate surface area is 178 Å². The van der Waals surface area contributed by atoms with Crippen LogP contribution in [0, 0.1) is 11.6 Å². The van der Waals surface area contributed by atoms with Crippen molar-refractivity contribution in [2.45, 2.75) is 6.92 Å². The lowest BCUT2D eigenvalue weighted by atomic mass is 10.0. The van der Waals surface area contributed by atoms with Crippen molar-refractivity contribution in [1.82, 2.24) is 20.0 Å². The lowest BCUT2D eigenvalue weighted by Gasteiger charge is -2.21. The number of ether oxygens (including phenoxy) is 1. The van der Waals surface area contributed by atoms with Crippen LogP contribution in [-0.2, 0) is 16.6 Å². The quantitative estimate of drug-likeness (QED) is 0.733. The Morgan fingerprint density at radius 2 is 1.97 bits per heavy atom. The molecule has 1 aliphatic rings. The monoisotopic (exact) mass is 431 g/mol. The molecular formula is C21H23F2N5O3. The highest BCUT2D eigenvalue weighted by Crippen LogP contribution is 2.25. The van der Waals surface area contributed by atoms with E-state index in [1.165, 1.54) is 15.6 Å². The van der Waals surface area contributed by atoms with Crippen LogP contribution in [-0.4, -0.2) is 53.7 Å². The third kappa shape index (κ3) is 4.90. The number of rotatable bonds is 6. The van der Waals surface area contributed by atoms with Gasteiger partial charge in [-0.15, -0.1) is 0 Å². The van der Waals surface area contributed by atoms with Gasteiger partial charge in [0, 0.05) is 33.8 Å². The first-order valence-corrected chi connectivity index (χ1v) is 9.45. The zero-order valence-corrected chi connectivity index (χ0v) is 17.6. The number of benzene rings is 1. The molecule has 10 heteroatoms. The molecule has 31 heavy (non-hydrogen) atoms. The average molecular weight is 431 g/mol. The van der Waals surface area contributed by atoms with Gasteiger partial charge in [0.2, 0.25) is 0 Å². The summed E-state index contributed by atoms with van der Waals surface area (Å²) in [6, 6.07) is 4.88. The number of hydrogen-bond donors (Lipinski definition) is 2. The van der Waals surface area contributed by atoms with Gasteiger partial charge in [-0.2, -0.15) is 5.10 Å². The Hall–Kier alpha value is -3.69. The Morgan fingerprint density at radius 3 is 2.58 bits per heavy atom. The fraction of sp³-hybridized carbons (Fsp3) is 0.286. The standard InChI is InChI=1S/C21H23F2N5O3/c1-12-8-18(31-11-19(29)27(2)3)24-10-13(12)17-9-16(26-28(17)4)21(30)25-20-14(22)6-5-7-15(20)23/h5-9,24H,10-11H2,1-4H3,(H,25,30). The summed E-state index contributed by atoms with van der Waals surface area (Å²) in [6.07, 6.45) is 1.75. The van der Waals surface area contributed by atoms with E-state index in [4.69, 9.17) is 4.74 Å². The molecule has 0 bridgehead atoms. The minimum Gasteiger partial charge on any atom is -0.469 e. The van der Waals surface area contributed by atoms with E-state index in [0.29, 0.717) is 18.1 Å². The number of dihydropyridines is 1. The summed E-state index contributed by atoms with van der Waals surface area (Å²) < 4.78 is 34.6. The van der Waals surface area contributed by atoms with Gasteiger partial charge in [-0.1, -0.05) is 6.07 Å². The molecule has 3 rings (SSSR count). The van der Waals surface area contributed by atoms with E-state index in [-0.39, 0.29) is 18.2 Å². The van der Waals surface area contributed by atoms with Crippen LogP contribution in [0.15, 0.2) is 41.8 Å². The number of para-hydroxylation sites is 1. The van der Waals surface area contributed by atoms with Crippen molar-refractivity contribution in [2.75, 3.05) is 32.6 Å². The Balaban J connectivity index is 1.78. The molecule has 0 spiro atoms. The highest BCUT2D eigenvalue weighted by atomic mass is 19.1. The largest absolute Gasteiger partial charge is 0.469 e. The predicted molar refractivity (Wildman–Crippen MR) is 111 cm³/mol. The van der Waals surface area contributed by atoms with Crippen molar-refractivity contribution in [3.8, 4) is 0 Å². The van der Waals surface area contributed by atoms with Gasteiger partial charge >= 0.3 is 0 Å². The van der Waals surface area contributed by atoms with Crippen LogP contribution in [0.5, 0.6) is 0 Å². The maximum atomic E-state index is 13.8. The highest BCUT2D eigenvalue weighted by molar-refractivity contribution is 6.03. The number of nitrogens with one attached hydrogen (secondary N) is 2. The molecule has 1 aliphatic heterocycles. The normalized spacial score (nSPS) is 13.4. The van der Waals surface area contributed by atoms with Crippen molar-refractivity contribution in [2.24, 2.45) is 7.05 Å². The topological polar surface area (TPSA) is 88.5 Å². The molecule has 0 unspecified atom stereocenters. The number of aromatic nitrogens is 2. The van der Waals surface area contributed by atoms with Crippen LogP contribution in [0.1, 0.15) is 23.1 Å². The van der Waals surface area contributed by atoms with E-state index in [9.17, 15) is 18.4 Å². The van der Waals surface area contributed by atoms with E-state index in [0.717, 1.165) is 23.3 Å². The van der Waals surface area contributed by atoms with Gasteiger partial charge in [0.25, 0.3) is 11.8 Å². The summed E-state index contributed by atoms with van der Waals surface area (Å²) >= 11 is 0. The number of aryl methyl sites for hydroxylation is 1. The second-order valence-corrected chi connectivity index (χ2v) is 7.19. The Bertz CT molecular complexity index is 1070. The van der Waals surface area contributed by atoms with E-state index in [1.807, 2.05) is 6.92 Å². The molecule has 1 aromatic heterocycles. The fourth-order valence-corrected chi connectivity index (χ4v) is 2.96. The first kappa shape index (κ1) is 22.0. The predicted octanol–water partition coefficient (Wildman–Crippen LogP) is 2.27. The fourth-order valence-electron chi connectivity index (χ4n) is 2.96. The summed E-state index contributed by atoms with van der Waals surface area (Å²) in [4.78, 5) is 25.6. The zero-order chi connectivity index (χ0) is 22.7. The SMILES string of the molecule is CC1=C(c2cc(C(=O)Nc3c(F)cccc3F)nn2C)CNC(OCC(=O)N(C)C)=C1. The number of likely N-dealkylation sites (N-methyl/N-ethyl adjacent to an activating group) is 1. The van der Waals surface area contributed by atoms with Gasteiger partial charge < -0.3 is 20.3 Å². The average Bonchev–Trinajstić information content (AvgIpc) is 3.10. The first-order valence-electron chi connectivity index (χ1n) is 9.45. The van der Waals surface area contributed by atoms with Crippen molar-refractivity contribution < 1.29 is 23.1 Å². The summed E-state index contributed by atoms with van der Waals surface area (Å²) in [6.45, 7) is 2.17. The lowest BCUT2D eigenvalue weighted by Crippen LogP contribution is -2.29. The number of nitrogens with zero attached hydrogens (tertiary/aromatic N) is 3. The molecule has 0 radical (unpaired) electrons. The molecular weight excluding hydrogens is 408 g/mol. The molecule has 0 saturated carbocycles. The van der Waals surface area contributed by atoms with E-state index >= 15 is 0 Å². The van der Waals surface area contributed by atoms with Crippen LogP contribution >= 0.6 is 0 Å². The lowest BCUT2D eigenvalue weighted by molar-refractivity contribution is -0.132. The molecule has 0 aliphatic carbocycles. The van der Waals surface area contributed by atoms with E-state index < -0.39 is 23.2 Å². The molecule has 1 aromatic carbocycles. The van der Waals surface area contributed by atoms with Crippen molar-refractivity contribution in [3.05, 3.63) is 64.8 Å². The zero-order valence-electron chi connectivity index (χ0n) is 17.6. The Morgan fingerprint density at radius 1 is 1.29 bits per heavy atom. The third-order valence-corrected chi connectivity index (χ3v) is 4.74. The van der Waals surface area contributed by atoms with E-state index in [1.54, 1.807) is 33.3 Å². The third-order valence-electron chi connectivity index (χ3n) is 4.74. The van der Waals surface area contributed by atoms with Crippen molar-refractivity contribution in [1.29, 1.82) is 0 Å². The van der Waals surface area contributed by atoms with Gasteiger partial charge in [0.15, 0.2) is 18.2 Å². The molecule has 8 nitrogen and oxygen atoms in total. The van der Waals surface area contributed by atoms with Crippen LogP contribution in [0.2, 0.25) is 0 Å². The van der Waals surface area contributed by atoms with Gasteiger partial charge in [-0.25, -0.2) is 8.78 Å². The van der Waals surface area contributed by atoms with Crippen molar-refractivity contribution >= 4 is 23.1 Å².